The molecule has 0 radical (unpaired) electrons. The fourth-order valence-corrected chi connectivity index (χ4v) is 4.74. The minimum atomic E-state index is -0.797. The van der Waals surface area contributed by atoms with Gasteiger partial charge in [-0.2, -0.15) is 0 Å². The van der Waals surface area contributed by atoms with Crippen LogP contribution in [0.1, 0.15) is 16.7 Å². The number of carboxylic acid groups (broad SMARTS) is 1. The number of aromatic nitrogens is 1. The molecule has 0 aliphatic rings. The predicted molar refractivity (Wildman–Crippen MR) is 113 cm³/mol. The highest BCUT2D eigenvalue weighted by Gasteiger charge is 2.20. The van der Waals surface area contributed by atoms with E-state index in [0.717, 1.165) is 28.1 Å². The number of hydrogen-bond donors (Lipinski definition) is 1. The summed E-state index contributed by atoms with van der Waals surface area (Å²) in [4.78, 5) is 12.5. The summed E-state index contributed by atoms with van der Waals surface area (Å²) >= 11 is 1.63. The zero-order chi connectivity index (χ0) is 19.0. The number of aryl methyl sites for hydroxylation is 1. The van der Waals surface area contributed by atoms with E-state index in [1.807, 2.05) is 18.4 Å². The number of fused-ring (bicyclic) bond motifs is 3. The molecule has 0 atom stereocenters. The van der Waals surface area contributed by atoms with Crippen molar-refractivity contribution in [1.29, 1.82) is 0 Å². The summed E-state index contributed by atoms with van der Waals surface area (Å²) in [6.45, 7) is 2.84. The van der Waals surface area contributed by atoms with Gasteiger partial charge in [-0.05, 0) is 35.9 Å². The van der Waals surface area contributed by atoms with Crippen molar-refractivity contribution >= 4 is 39.5 Å². The highest BCUT2D eigenvalue weighted by atomic mass is 32.2. The quantitative estimate of drug-likeness (QED) is 0.468. The van der Waals surface area contributed by atoms with Gasteiger partial charge in [0, 0.05) is 27.7 Å². The third-order valence-electron chi connectivity index (χ3n) is 4.99. The number of para-hydroxylation sites is 1. The van der Waals surface area contributed by atoms with E-state index in [1.54, 1.807) is 11.8 Å². The lowest BCUT2D eigenvalue weighted by molar-refractivity contribution is -0.136. The minimum Gasteiger partial charge on any atom is -0.481 e. The molecule has 136 valence electrons. The van der Waals surface area contributed by atoms with Crippen LogP contribution in [0.15, 0.2) is 65.6 Å². The number of rotatable bonds is 5. The van der Waals surface area contributed by atoms with Gasteiger partial charge in [0.2, 0.25) is 0 Å². The Morgan fingerprint density at radius 3 is 2.48 bits per heavy atom. The van der Waals surface area contributed by atoms with Crippen molar-refractivity contribution in [3.8, 4) is 0 Å². The molecular formula is C23H21NO2S. The summed E-state index contributed by atoms with van der Waals surface area (Å²) in [6.07, 6.45) is 2.07. The molecule has 0 unspecified atom stereocenters. The second-order valence-corrected chi connectivity index (χ2v) is 7.59. The van der Waals surface area contributed by atoms with Crippen molar-refractivity contribution in [1.82, 2.24) is 4.57 Å². The van der Waals surface area contributed by atoms with Gasteiger partial charge in [0.05, 0.1) is 11.9 Å². The summed E-state index contributed by atoms with van der Waals surface area (Å²) in [5, 5.41) is 11.8. The number of aliphatic carboxylic acids is 1. The molecular weight excluding hydrogens is 354 g/mol. The van der Waals surface area contributed by atoms with E-state index in [2.05, 4.69) is 60.0 Å². The lowest BCUT2D eigenvalue weighted by Gasteiger charge is -2.14. The Labute approximate surface area is 162 Å². The third kappa shape index (κ3) is 3.10. The van der Waals surface area contributed by atoms with Crippen molar-refractivity contribution in [3.63, 3.8) is 0 Å². The Morgan fingerprint density at radius 2 is 1.78 bits per heavy atom. The minimum absolute atomic E-state index is 0.0415. The molecule has 0 bridgehead atoms. The normalized spacial score (nSPS) is 11.3. The van der Waals surface area contributed by atoms with Gasteiger partial charge in [0.15, 0.2) is 0 Å². The smallest absolute Gasteiger partial charge is 0.307 e. The summed E-state index contributed by atoms with van der Waals surface area (Å²) in [6, 6.07) is 20.9. The maximum atomic E-state index is 11.4. The average Bonchev–Trinajstić information content (AvgIpc) is 2.98. The van der Waals surface area contributed by atoms with Crippen LogP contribution in [0.3, 0.4) is 0 Å². The van der Waals surface area contributed by atoms with Crippen LogP contribution in [-0.4, -0.2) is 21.9 Å². The number of thioether (sulfide) groups is 1. The van der Waals surface area contributed by atoms with Crippen LogP contribution in [0.4, 0.5) is 0 Å². The van der Waals surface area contributed by atoms with Gasteiger partial charge in [0.1, 0.15) is 0 Å². The molecule has 0 aliphatic heterocycles. The molecule has 1 N–H and O–H groups in total. The molecule has 0 aliphatic carbocycles. The van der Waals surface area contributed by atoms with Crippen LogP contribution >= 0.6 is 11.8 Å². The zero-order valence-corrected chi connectivity index (χ0v) is 16.2. The molecule has 1 heterocycles. The molecule has 3 nitrogen and oxygen atoms in total. The largest absolute Gasteiger partial charge is 0.481 e. The summed E-state index contributed by atoms with van der Waals surface area (Å²) in [5.74, 6) is -0.797. The highest BCUT2D eigenvalue weighted by Crippen LogP contribution is 2.39. The number of hydrogen-bond acceptors (Lipinski definition) is 2. The van der Waals surface area contributed by atoms with E-state index in [-0.39, 0.29) is 6.42 Å². The van der Waals surface area contributed by atoms with Gasteiger partial charge in [-0.3, -0.25) is 4.79 Å². The highest BCUT2D eigenvalue weighted by molar-refractivity contribution is 7.98. The number of carbonyl (C=O) groups is 1. The summed E-state index contributed by atoms with van der Waals surface area (Å²) in [7, 11) is 0. The van der Waals surface area contributed by atoms with Gasteiger partial charge in [0.25, 0.3) is 0 Å². The first-order valence-electron chi connectivity index (χ1n) is 8.93. The molecule has 3 aromatic carbocycles. The maximum absolute atomic E-state index is 11.4. The fourth-order valence-electron chi connectivity index (χ4n) is 3.94. The number of nitrogens with zero attached hydrogens (tertiary/aromatic N) is 1. The van der Waals surface area contributed by atoms with E-state index in [4.69, 9.17) is 0 Å². The van der Waals surface area contributed by atoms with E-state index >= 15 is 0 Å². The van der Waals surface area contributed by atoms with Crippen LogP contribution in [0.2, 0.25) is 0 Å². The Balaban J connectivity index is 2.09. The van der Waals surface area contributed by atoms with Gasteiger partial charge >= 0.3 is 5.97 Å². The first-order chi connectivity index (χ1) is 13.1. The van der Waals surface area contributed by atoms with Crippen LogP contribution < -0.4 is 0 Å². The van der Waals surface area contributed by atoms with E-state index in [0.29, 0.717) is 0 Å². The Kier molecular flexibility index (Phi) is 4.66. The van der Waals surface area contributed by atoms with Gasteiger partial charge in [-0.1, -0.05) is 54.6 Å². The monoisotopic (exact) mass is 375 g/mol. The van der Waals surface area contributed by atoms with Gasteiger partial charge in [-0.15, -0.1) is 11.8 Å². The Bertz CT molecular complexity index is 1150. The van der Waals surface area contributed by atoms with E-state index < -0.39 is 5.97 Å². The SMILES string of the molecule is CSc1c(CC(=O)O)cc(C)c2c3ccccc3n(Cc3ccccc3)c12. The van der Waals surface area contributed by atoms with E-state index in [1.165, 1.54) is 21.9 Å². The molecule has 27 heavy (non-hydrogen) atoms. The fraction of sp³-hybridized carbons (Fsp3) is 0.174. The third-order valence-corrected chi connectivity index (χ3v) is 5.86. The van der Waals surface area contributed by atoms with Crippen molar-refractivity contribution in [3.05, 3.63) is 77.4 Å². The molecule has 4 heteroatoms. The molecule has 0 amide bonds. The van der Waals surface area contributed by atoms with Crippen LogP contribution in [0, 0.1) is 6.92 Å². The molecule has 1 aromatic heterocycles. The average molecular weight is 375 g/mol. The van der Waals surface area contributed by atoms with Crippen molar-refractivity contribution < 1.29 is 9.90 Å². The zero-order valence-electron chi connectivity index (χ0n) is 15.4. The lowest BCUT2D eigenvalue weighted by Crippen LogP contribution is -2.05. The first kappa shape index (κ1) is 17.7. The van der Waals surface area contributed by atoms with Crippen molar-refractivity contribution in [2.75, 3.05) is 6.26 Å². The van der Waals surface area contributed by atoms with Crippen LogP contribution in [-0.2, 0) is 17.8 Å². The molecule has 4 aromatic rings. The molecule has 0 saturated heterocycles. The standard InChI is InChI=1S/C23H21NO2S/c1-15-12-17(13-20(25)26)23(27-2)22-21(15)18-10-6-7-11-19(18)24(22)14-16-8-4-3-5-9-16/h3-12H,13-14H2,1-2H3,(H,25,26). The first-order valence-corrected chi connectivity index (χ1v) is 10.2. The molecule has 0 spiro atoms. The van der Waals surface area contributed by atoms with Crippen LogP contribution in [0.5, 0.6) is 0 Å². The van der Waals surface area contributed by atoms with Crippen LogP contribution in [0.25, 0.3) is 21.8 Å². The predicted octanol–water partition coefficient (Wildman–Crippen LogP) is 5.50. The maximum Gasteiger partial charge on any atom is 0.307 e. The van der Waals surface area contributed by atoms with Gasteiger partial charge < -0.3 is 9.67 Å². The Morgan fingerprint density at radius 1 is 1.07 bits per heavy atom. The number of benzene rings is 3. The number of carboxylic acids is 1. The topological polar surface area (TPSA) is 42.2 Å². The summed E-state index contributed by atoms with van der Waals surface area (Å²) in [5.41, 5.74) is 5.57. The second kappa shape index (κ2) is 7.12. The van der Waals surface area contributed by atoms with Crippen molar-refractivity contribution in [2.45, 2.75) is 24.8 Å². The van der Waals surface area contributed by atoms with Crippen molar-refractivity contribution in [2.24, 2.45) is 0 Å². The molecule has 4 rings (SSSR count). The van der Waals surface area contributed by atoms with Gasteiger partial charge in [-0.25, -0.2) is 0 Å². The second-order valence-electron chi connectivity index (χ2n) is 6.77. The lowest BCUT2D eigenvalue weighted by atomic mass is 10.0. The summed E-state index contributed by atoms with van der Waals surface area (Å²) < 4.78 is 2.34. The molecule has 0 fully saturated rings. The molecule has 0 saturated carbocycles. The van der Waals surface area contributed by atoms with E-state index in [9.17, 15) is 9.90 Å². The Hall–Kier alpha value is -2.72.